The van der Waals surface area contributed by atoms with Gasteiger partial charge in [-0.2, -0.15) is 0 Å². The van der Waals surface area contributed by atoms with E-state index in [1.807, 2.05) is 36.8 Å². The van der Waals surface area contributed by atoms with Gasteiger partial charge in [-0.15, -0.1) is 0 Å². The molecule has 5 rings (SSSR count). The summed E-state index contributed by atoms with van der Waals surface area (Å²) in [4.78, 5) is 11.3. The second kappa shape index (κ2) is 7.04. The molecule has 0 aliphatic carbocycles. The van der Waals surface area contributed by atoms with E-state index in [9.17, 15) is 0 Å². The van der Waals surface area contributed by atoms with Gasteiger partial charge in [0.25, 0.3) is 0 Å². The van der Waals surface area contributed by atoms with Crippen LogP contribution < -0.4 is 4.74 Å². The SMILES string of the molecule is COc1ccc(-c2cnc3n2C[C@@]2(CCN(Cc4cccnc4)C2)OC3)cc1. The van der Waals surface area contributed by atoms with Crippen LogP contribution in [0.4, 0.5) is 0 Å². The number of likely N-dealkylation sites (tertiary alicyclic amines) is 1. The maximum atomic E-state index is 6.35. The van der Waals surface area contributed by atoms with Gasteiger partial charge in [-0.05, 0) is 42.3 Å². The lowest BCUT2D eigenvalue weighted by Crippen LogP contribution is -2.44. The first-order valence-electron chi connectivity index (χ1n) is 9.69. The molecule has 2 aromatic heterocycles. The Labute approximate surface area is 164 Å². The molecule has 0 unspecified atom stereocenters. The Balaban J connectivity index is 1.35. The largest absolute Gasteiger partial charge is 0.497 e. The van der Waals surface area contributed by atoms with Crippen molar-refractivity contribution in [1.82, 2.24) is 19.4 Å². The van der Waals surface area contributed by atoms with Crippen molar-refractivity contribution in [2.45, 2.75) is 31.7 Å². The molecule has 2 aliphatic heterocycles. The van der Waals surface area contributed by atoms with Crippen molar-refractivity contribution in [1.29, 1.82) is 0 Å². The Morgan fingerprint density at radius 3 is 2.82 bits per heavy atom. The lowest BCUT2D eigenvalue weighted by Gasteiger charge is -2.35. The van der Waals surface area contributed by atoms with E-state index in [0.29, 0.717) is 6.61 Å². The van der Waals surface area contributed by atoms with Crippen LogP contribution in [0.5, 0.6) is 5.75 Å². The fourth-order valence-corrected chi connectivity index (χ4v) is 4.31. The number of aromatic nitrogens is 3. The lowest BCUT2D eigenvalue weighted by molar-refractivity contribution is -0.0821. The molecular formula is C22H24N4O2. The lowest BCUT2D eigenvalue weighted by atomic mass is 10.0. The maximum absolute atomic E-state index is 6.35. The van der Waals surface area contributed by atoms with Crippen molar-refractivity contribution in [3.05, 3.63) is 66.4 Å². The maximum Gasteiger partial charge on any atom is 0.135 e. The number of fused-ring (bicyclic) bond motifs is 1. The fourth-order valence-electron chi connectivity index (χ4n) is 4.31. The van der Waals surface area contributed by atoms with Crippen LogP contribution >= 0.6 is 0 Å². The van der Waals surface area contributed by atoms with E-state index in [1.165, 1.54) is 5.56 Å². The van der Waals surface area contributed by atoms with E-state index in [1.54, 1.807) is 7.11 Å². The highest BCUT2D eigenvalue weighted by Gasteiger charge is 2.43. The highest BCUT2D eigenvalue weighted by molar-refractivity contribution is 5.60. The molecule has 1 aromatic carbocycles. The molecule has 4 heterocycles. The van der Waals surface area contributed by atoms with Gasteiger partial charge in [0, 0.05) is 37.6 Å². The molecule has 0 bridgehead atoms. The first-order valence-corrected chi connectivity index (χ1v) is 9.69. The molecule has 28 heavy (non-hydrogen) atoms. The molecule has 6 heteroatoms. The van der Waals surface area contributed by atoms with E-state index in [0.717, 1.165) is 55.4 Å². The van der Waals surface area contributed by atoms with Gasteiger partial charge < -0.3 is 14.0 Å². The zero-order valence-electron chi connectivity index (χ0n) is 16.0. The van der Waals surface area contributed by atoms with Crippen molar-refractivity contribution in [2.75, 3.05) is 20.2 Å². The Morgan fingerprint density at radius 1 is 1.14 bits per heavy atom. The average molecular weight is 376 g/mol. The predicted octanol–water partition coefficient (Wildman–Crippen LogP) is 3.13. The van der Waals surface area contributed by atoms with Crippen LogP contribution in [0.15, 0.2) is 55.0 Å². The molecule has 1 fully saturated rings. The van der Waals surface area contributed by atoms with E-state index in [-0.39, 0.29) is 5.60 Å². The Hall–Kier alpha value is -2.70. The molecule has 6 nitrogen and oxygen atoms in total. The summed E-state index contributed by atoms with van der Waals surface area (Å²) in [6, 6.07) is 12.3. The summed E-state index contributed by atoms with van der Waals surface area (Å²) >= 11 is 0. The Kier molecular flexibility index (Phi) is 4.37. The van der Waals surface area contributed by atoms with Crippen molar-refractivity contribution in [2.24, 2.45) is 0 Å². The second-order valence-electron chi connectivity index (χ2n) is 7.67. The third-order valence-electron chi connectivity index (χ3n) is 5.80. The number of hydrogen-bond acceptors (Lipinski definition) is 5. The van der Waals surface area contributed by atoms with Gasteiger partial charge in [-0.1, -0.05) is 6.07 Å². The highest BCUT2D eigenvalue weighted by Crippen LogP contribution is 2.35. The van der Waals surface area contributed by atoms with Crippen LogP contribution in [0.1, 0.15) is 17.8 Å². The number of methoxy groups -OCH3 is 1. The van der Waals surface area contributed by atoms with Gasteiger partial charge in [-0.3, -0.25) is 9.88 Å². The quantitative estimate of drug-likeness (QED) is 0.700. The minimum Gasteiger partial charge on any atom is -0.497 e. The van der Waals surface area contributed by atoms with Gasteiger partial charge in [-0.25, -0.2) is 4.98 Å². The molecule has 0 saturated carbocycles. The van der Waals surface area contributed by atoms with E-state index in [4.69, 9.17) is 9.47 Å². The van der Waals surface area contributed by atoms with Gasteiger partial charge >= 0.3 is 0 Å². The van der Waals surface area contributed by atoms with Crippen LogP contribution in [0, 0.1) is 0 Å². The third-order valence-corrected chi connectivity index (χ3v) is 5.80. The summed E-state index contributed by atoms with van der Waals surface area (Å²) in [6.45, 7) is 4.30. The topological polar surface area (TPSA) is 52.4 Å². The van der Waals surface area contributed by atoms with E-state index < -0.39 is 0 Å². The van der Waals surface area contributed by atoms with Gasteiger partial charge in [0.1, 0.15) is 23.8 Å². The van der Waals surface area contributed by atoms with E-state index >= 15 is 0 Å². The summed E-state index contributed by atoms with van der Waals surface area (Å²) in [5.41, 5.74) is 3.40. The molecule has 1 spiro atoms. The number of pyridine rings is 1. The number of nitrogens with zero attached hydrogens (tertiary/aromatic N) is 4. The molecular weight excluding hydrogens is 352 g/mol. The Bertz CT molecular complexity index is 954. The van der Waals surface area contributed by atoms with Gasteiger partial charge in [0.2, 0.25) is 0 Å². The molecule has 1 atom stereocenters. The number of ether oxygens (including phenoxy) is 2. The minimum atomic E-state index is -0.142. The highest BCUT2D eigenvalue weighted by atomic mass is 16.5. The van der Waals surface area contributed by atoms with Crippen molar-refractivity contribution in [3.8, 4) is 17.0 Å². The van der Waals surface area contributed by atoms with Gasteiger partial charge in [0.15, 0.2) is 0 Å². The van der Waals surface area contributed by atoms with Crippen molar-refractivity contribution >= 4 is 0 Å². The molecule has 3 aromatic rings. The van der Waals surface area contributed by atoms with Crippen LogP contribution in [0.2, 0.25) is 0 Å². The smallest absolute Gasteiger partial charge is 0.135 e. The number of hydrogen-bond donors (Lipinski definition) is 0. The first kappa shape index (κ1) is 17.4. The number of imidazole rings is 1. The number of rotatable bonds is 4. The predicted molar refractivity (Wildman–Crippen MR) is 106 cm³/mol. The minimum absolute atomic E-state index is 0.142. The molecule has 0 amide bonds. The van der Waals surface area contributed by atoms with E-state index in [2.05, 4.69) is 37.6 Å². The zero-order chi connectivity index (χ0) is 19.0. The van der Waals surface area contributed by atoms with Crippen LogP contribution in [0.3, 0.4) is 0 Å². The summed E-state index contributed by atoms with van der Waals surface area (Å²) in [6.07, 6.45) is 6.76. The van der Waals surface area contributed by atoms with Crippen LogP contribution in [0.25, 0.3) is 11.3 Å². The zero-order valence-corrected chi connectivity index (χ0v) is 16.0. The normalized spacial score (nSPS) is 21.8. The monoisotopic (exact) mass is 376 g/mol. The fraction of sp³-hybridized carbons (Fsp3) is 0.364. The molecule has 2 aliphatic rings. The molecule has 0 radical (unpaired) electrons. The van der Waals surface area contributed by atoms with Crippen LogP contribution in [-0.4, -0.2) is 45.2 Å². The Morgan fingerprint density at radius 2 is 2.04 bits per heavy atom. The number of benzene rings is 1. The van der Waals surface area contributed by atoms with Crippen LogP contribution in [-0.2, 0) is 24.4 Å². The summed E-state index contributed by atoms with van der Waals surface area (Å²) in [5.74, 6) is 1.87. The van der Waals surface area contributed by atoms with Crippen molar-refractivity contribution in [3.63, 3.8) is 0 Å². The average Bonchev–Trinajstić information content (AvgIpc) is 3.33. The summed E-state index contributed by atoms with van der Waals surface area (Å²) in [5, 5.41) is 0. The molecule has 1 saturated heterocycles. The molecule has 0 N–H and O–H groups in total. The second-order valence-corrected chi connectivity index (χ2v) is 7.67. The van der Waals surface area contributed by atoms with Crippen molar-refractivity contribution < 1.29 is 9.47 Å². The van der Waals surface area contributed by atoms with Gasteiger partial charge in [0.05, 0.1) is 25.5 Å². The summed E-state index contributed by atoms with van der Waals surface area (Å²) < 4.78 is 14.0. The third kappa shape index (κ3) is 3.19. The molecule has 144 valence electrons. The standard InChI is InChI=1S/C22H24N4O2/c1-27-19-6-4-18(5-7-19)20-12-24-21-14-28-22(16-26(20)21)8-10-25(15-22)13-17-3-2-9-23-11-17/h2-7,9,11-12H,8,10,13-16H2,1H3/t22-/m0/s1. The first-order chi connectivity index (χ1) is 13.7. The summed E-state index contributed by atoms with van der Waals surface area (Å²) in [7, 11) is 1.69.